The molecule has 2 N–H and O–H groups in total. The third-order valence-electron chi connectivity index (χ3n) is 3.66. The maximum atomic E-state index is 12.3. The van der Waals surface area contributed by atoms with Crippen molar-refractivity contribution in [3.05, 3.63) is 0 Å². The summed E-state index contributed by atoms with van der Waals surface area (Å²) in [6.07, 6.45) is 7.13. The first kappa shape index (κ1) is 19.7. The summed E-state index contributed by atoms with van der Waals surface area (Å²) in [5.41, 5.74) is 2.05. The number of hydrogen-bond acceptors (Lipinski definition) is 4. The number of nitrogens with zero attached hydrogens (tertiary/aromatic N) is 1. The van der Waals surface area contributed by atoms with E-state index in [0.717, 1.165) is 58.0 Å². The minimum absolute atomic E-state index is 0.0270. The molecule has 1 fully saturated rings. The molecule has 0 aromatic heterocycles. The molecule has 134 valence electrons. The van der Waals surface area contributed by atoms with Crippen LogP contribution in [0.25, 0.3) is 0 Å². The number of amides is 2. The molecule has 0 aromatic rings. The van der Waals surface area contributed by atoms with Gasteiger partial charge in [0.2, 0.25) is 5.91 Å². The maximum absolute atomic E-state index is 12.3. The van der Waals surface area contributed by atoms with E-state index in [1.807, 2.05) is 20.8 Å². The Hall–Kier alpha value is -1.30. The van der Waals surface area contributed by atoms with Gasteiger partial charge in [0, 0.05) is 13.0 Å². The van der Waals surface area contributed by atoms with Crippen molar-refractivity contribution in [3.63, 3.8) is 0 Å². The van der Waals surface area contributed by atoms with Crippen molar-refractivity contribution in [1.29, 1.82) is 0 Å². The van der Waals surface area contributed by atoms with Crippen LogP contribution in [-0.4, -0.2) is 42.2 Å². The quantitative estimate of drug-likeness (QED) is 0.777. The van der Waals surface area contributed by atoms with Gasteiger partial charge in [0.15, 0.2) is 0 Å². The van der Waals surface area contributed by atoms with E-state index >= 15 is 0 Å². The number of carbonyl (C=O) groups is 2. The molecular formula is C17H33N3O3. The predicted molar refractivity (Wildman–Crippen MR) is 90.9 cm³/mol. The molecule has 0 spiro atoms. The Labute approximate surface area is 140 Å². The molecule has 0 atom stereocenters. The smallest absolute Gasteiger partial charge is 0.426 e. The van der Waals surface area contributed by atoms with Crippen LogP contribution in [0.15, 0.2) is 0 Å². The van der Waals surface area contributed by atoms with Crippen LogP contribution in [0.1, 0.15) is 72.1 Å². The van der Waals surface area contributed by atoms with Gasteiger partial charge in [-0.05, 0) is 59.5 Å². The average molecular weight is 327 g/mol. The molecular weight excluding hydrogens is 294 g/mol. The molecule has 0 bridgehead atoms. The van der Waals surface area contributed by atoms with Crippen molar-refractivity contribution in [1.82, 2.24) is 15.8 Å². The van der Waals surface area contributed by atoms with Crippen LogP contribution in [0.2, 0.25) is 0 Å². The SMILES string of the molecule is CC(C)(C)OC(=O)NN1CCCCCCNCCCCCC1=O. The monoisotopic (exact) mass is 327 g/mol. The van der Waals surface area contributed by atoms with E-state index in [-0.39, 0.29) is 5.91 Å². The number of carbonyl (C=O) groups excluding carboxylic acids is 2. The van der Waals surface area contributed by atoms with Gasteiger partial charge < -0.3 is 10.1 Å². The van der Waals surface area contributed by atoms with Crippen LogP contribution in [0.4, 0.5) is 4.79 Å². The Morgan fingerprint density at radius 1 is 1.04 bits per heavy atom. The number of ether oxygens (including phenoxy) is 1. The fourth-order valence-corrected chi connectivity index (χ4v) is 2.49. The normalized spacial score (nSPS) is 19.8. The molecule has 1 heterocycles. The number of hydrogen-bond donors (Lipinski definition) is 2. The standard InChI is InChI=1S/C17H33N3O3/c1-17(2,3)23-16(22)19-20-14-10-5-4-8-12-18-13-9-6-7-11-15(20)21/h18H,4-14H2,1-3H3,(H,19,22). The van der Waals surface area contributed by atoms with Gasteiger partial charge in [-0.25, -0.2) is 10.2 Å². The molecule has 6 heteroatoms. The third kappa shape index (κ3) is 10.2. The molecule has 23 heavy (non-hydrogen) atoms. The fraction of sp³-hybridized carbons (Fsp3) is 0.882. The highest BCUT2D eigenvalue weighted by molar-refractivity contribution is 5.79. The molecule has 6 nitrogen and oxygen atoms in total. The van der Waals surface area contributed by atoms with E-state index in [2.05, 4.69) is 10.7 Å². The zero-order chi connectivity index (χ0) is 17.1. The summed E-state index contributed by atoms with van der Waals surface area (Å²) in [5.74, 6) is -0.0270. The summed E-state index contributed by atoms with van der Waals surface area (Å²) in [5, 5.41) is 4.88. The summed E-state index contributed by atoms with van der Waals surface area (Å²) >= 11 is 0. The Kier molecular flexibility index (Phi) is 8.99. The van der Waals surface area contributed by atoms with Gasteiger partial charge in [-0.3, -0.25) is 9.80 Å². The lowest BCUT2D eigenvalue weighted by Crippen LogP contribution is -2.48. The van der Waals surface area contributed by atoms with E-state index in [1.165, 1.54) is 5.01 Å². The molecule has 0 aliphatic carbocycles. The topological polar surface area (TPSA) is 70.7 Å². The summed E-state index contributed by atoms with van der Waals surface area (Å²) < 4.78 is 5.25. The van der Waals surface area contributed by atoms with Gasteiger partial charge >= 0.3 is 6.09 Å². The zero-order valence-electron chi connectivity index (χ0n) is 15.0. The minimum atomic E-state index is -0.567. The number of rotatable bonds is 1. The second-order valence-electron chi connectivity index (χ2n) is 7.13. The first-order valence-corrected chi connectivity index (χ1v) is 8.89. The minimum Gasteiger partial charge on any atom is -0.443 e. The molecule has 0 saturated carbocycles. The number of nitrogens with one attached hydrogen (secondary N) is 2. The lowest BCUT2D eigenvalue weighted by molar-refractivity contribution is -0.134. The van der Waals surface area contributed by atoms with Gasteiger partial charge in [-0.2, -0.15) is 0 Å². The average Bonchev–Trinajstić information content (AvgIpc) is 2.44. The largest absolute Gasteiger partial charge is 0.443 e. The number of hydrazine groups is 1. The Morgan fingerprint density at radius 2 is 1.65 bits per heavy atom. The van der Waals surface area contributed by atoms with Gasteiger partial charge in [-0.15, -0.1) is 0 Å². The van der Waals surface area contributed by atoms with E-state index < -0.39 is 11.7 Å². The lowest BCUT2D eigenvalue weighted by Gasteiger charge is -2.26. The summed E-state index contributed by atoms with van der Waals surface area (Å²) in [6, 6.07) is 0. The molecule has 1 rings (SSSR count). The Balaban J connectivity index is 2.52. The molecule has 2 amide bonds. The zero-order valence-corrected chi connectivity index (χ0v) is 15.0. The van der Waals surface area contributed by atoms with Crippen LogP contribution in [0.3, 0.4) is 0 Å². The second-order valence-corrected chi connectivity index (χ2v) is 7.13. The summed E-state index contributed by atoms with van der Waals surface area (Å²) in [7, 11) is 0. The van der Waals surface area contributed by atoms with Crippen molar-refractivity contribution < 1.29 is 14.3 Å². The third-order valence-corrected chi connectivity index (χ3v) is 3.66. The van der Waals surface area contributed by atoms with Crippen molar-refractivity contribution in [2.24, 2.45) is 0 Å². The fourth-order valence-electron chi connectivity index (χ4n) is 2.49. The van der Waals surface area contributed by atoms with Crippen molar-refractivity contribution in [3.8, 4) is 0 Å². The lowest BCUT2D eigenvalue weighted by atomic mass is 10.1. The van der Waals surface area contributed by atoms with Crippen LogP contribution in [0.5, 0.6) is 0 Å². The highest BCUT2D eigenvalue weighted by Crippen LogP contribution is 2.09. The summed E-state index contributed by atoms with van der Waals surface area (Å²) in [6.45, 7) is 8.07. The van der Waals surface area contributed by atoms with Gasteiger partial charge in [0.1, 0.15) is 5.60 Å². The highest BCUT2D eigenvalue weighted by Gasteiger charge is 2.21. The molecule has 0 unspecified atom stereocenters. The van der Waals surface area contributed by atoms with Gasteiger partial charge in [0.05, 0.1) is 0 Å². The van der Waals surface area contributed by atoms with E-state index in [4.69, 9.17) is 4.74 Å². The van der Waals surface area contributed by atoms with Gasteiger partial charge in [0.25, 0.3) is 0 Å². The Bertz CT molecular complexity index is 367. The van der Waals surface area contributed by atoms with Crippen molar-refractivity contribution in [2.45, 2.75) is 77.7 Å². The highest BCUT2D eigenvalue weighted by atomic mass is 16.6. The molecule has 1 saturated heterocycles. The van der Waals surface area contributed by atoms with E-state index in [0.29, 0.717) is 13.0 Å². The Morgan fingerprint density at radius 3 is 2.30 bits per heavy atom. The van der Waals surface area contributed by atoms with Crippen LogP contribution >= 0.6 is 0 Å². The first-order valence-electron chi connectivity index (χ1n) is 8.89. The van der Waals surface area contributed by atoms with E-state index in [1.54, 1.807) is 0 Å². The maximum Gasteiger partial charge on any atom is 0.426 e. The summed E-state index contributed by atoms with van der Waals surface area (Å²) in [4.78, 5) is 24.2. The molecule has 1 aliphatic heterocycles. The van der Waals surface area contributed by atoms with Crippen molar-refractivity contribution in [2.75, 3.05) is 19.6 Å². The molecule has 0 aromatic carbocycles. The first-order chi connectivity index (χ1) is 10.9. The molecule has 0 radical (unpaired) electrons. The predicted octanol–water partition coefficient (Wildman–Crippen LogP) is 2.98. The van der Waals surface area contributed by atoms with Crippen molar-refractivity contribution >= 4 is 12.0 Å². The van der Waals surface area contributed by atoms with Gasteiger partial charge in [-0.1, -0.05) is 19.3 Å². The van der Waals surface area contributed by atoms with Crippen LogP contribution < -0.4 is 10.7 Å². The van der Waals surface area contributed by atoms with E-state index in [9.17, 15) is 9.59 Å². The molecule has 1 aliphatic rings. The second kappa shape index (κ2) is 10.5. The van der Waals surface area contributed by atoms with Crippen LogP contribution in [-0.2, 0) is 9.53 Å². The van der Waals surface area contributed by atoms with Crippen LogP contribution in [0, 0.1) is 0 Å².